The molecule has 1 N–H and O–H groups in total. The summed E-state index contributed by atoms with van der Waals surface area (Å²) in [7, 11) is 0. The number of hydrogen-bond acceptors (Lipinski definition) is 3. The molecule has 1 aliphatic rings. The van der Waals surface area contributed by atoms with Gasteiger partial charge in [-0.15, -0.1) is 0 Å². The molecule has 1 rings (SSSR count). The lowest BCUT2D eigenvalue weighted by Gasteiger charge is -2.23. The van der Waals surface area contributed by atoms with Crippen LogP contribution in [-0.4, -0.2) is 16.6 Å². The molecule has 0 aromatic carbocycles. The van der Waals surface area contributed by atoms with Gasteiger partial charge in [-0.05, 0) is 44.1 Å². The van der Waals surface area contributed by atoms with Crippen molar-refractivity contribution in [1.82, 2.24) is 0 Å². The monoisotopic (exact) mass is 168 g/mol. The molecule has 3 nitrogen and oxygen atoms in total. The summed E-state index contributed by atoms with van der Waals surface area (Å²) < 4.78 is 0. The number of rotatable bonds is 1. The quantitative estimate of drug-likeness (QED) is 0.479. The summed E-state index contributed by atoms with van der Waals surface area (Å²) in [5, 5.41) is 8.57. The lowest BCUT2D eigenvalue weighted by Crippen LogP contribution is -2.28. The number of hydrogen-bond donors (Lipinski definition) is 1. The molecule has 66 valence electrons. The topological polar surface area (TPSA) is 46.5 Å². The van der Waals surface area contributed by atoms with E-state index in [2.05, 4.69) is 4.89 Å². The molecule has 12 heavy (non-hydrogen) atoms. The Bertz CT molecular complexity index is 251. The Hall–Kier alpha value is -0.930. The first kappa shape index (κ1) is 9.16. The van der Waals surface area contributed by atoms with E-state index in [0.29, 0.717) is 11.1 Å². The third kappa shape index (κ3) is 1.47. The fourth-order valence-corrected chi connectivity index (χ4v) is 1.40. The Morgan fingerprint density at radius 2 is 1.75 bits per heavy atom. The van der Waals surface area contributed by atoms with Crippen LogP contribution in [0.2, 0.25) is 0 Å². The molecule has 0 aromatic rings. The fourth-order valence-electron chi connectivity index (χ4n) is 1.40. The van der Waals surface area contributed by atoms with E-state index in [4.69, 9.17) is 5.26 Å². The highest BCUT2D eigenvalue weighted by Gasteiger charge is 2.27. The van der Waals surface area contributed by atoms with Crippen LogP contribution in [0.5, 0.6) is 0 Å². The van der Waals surface area contributed by atoms with Gasteiger partial charge in [-0.3, -0.25) is 10.1 Å². The highest BCUT2D eigenvalue weighted by atomic mass is 17.1. The molecule has 0 saturated heterocycles. The molecule has 0 spiro atoms. The minimum Gasteiger partial charge on any atom is -0.289 e. The molecule has 0 unspecified atom stereocenters. The average Bonchev–Trinajstić information content (AvgIpc) is 2.00. The Kier molecular flexibility index (Phi) is 2.17. The molecule has 0 saturated carbocycles. The van der Waals surface area contributed by atoms with Gasteiger partial charge in [0.05, 0.1) is 0 Å². The van der Waals surface area contributed by atoms with Gasteiger partial charge in [-0.25, -0.2) is 4.89 Å². The highest BCUT2D eigenvalue weighted by molar-refractivity contribution is 6.08. The normalized spacial score (nSPS) is 21.8. The molecule has 0 fully saturated rings. The van der Waals surface area contributed by atoms with Crippen LogP contribution in [0.15, 0.2) is 23.3 Å². The number of allylic oxidation sites excluding steroid dienone is 2. The van der Waals surface area contributed by atoms with Crippen molar-refractivity contribution in [3.63, 3.8) is 0 Å². The van der Waals surface area contributed by atoms with Crippen LogP contribution >= 0.6 is 0 Å². The van der Waals surface area contributed by atoms with Gasteiger partial charge in [0.1, 0.15) is 5.60 Å². The highest BCUT2D eigenvalue weighted by Crippen LogP contribution is 2.24. The predicted octanol–water partition coefficient (Wildman–Crippen LogP) is 1.71. The van der Waals surface area contributed by atoms with E-state index in [0.717, 1.165) is 0 Å². The van der Waals surface area contributed by atoms with Crippen molar-refractivity contribution in [2.45, 2.75) is 26.4 Å². The van der Waals surface area contributed by atoms with Crippen molar-refractivity contribution >= 4 is 5.78 Å². The minimum absolute atomic E-state index is 0.00419. The van der Waals surface area contributed by atoms with Crippen molar-refractivity contribution in [3.8, 4) is 0 Å². The first-order chi connectivity index (χ1) is 5.48. The van der Waals surface area contributed by atoms with E-state index in [9.17, 15) is 4.79 Å². The molecule has 0 amide bonds. The molecular formula is C9H12O3. The van der Waals surface area contributed by atoms with E-state index in [1.807, 2.05) is 0 Å². The van der Waals surface area contributed by atoms with Gasteiger partial charge < -0.3 is 0 Å². The molecule has 0 aromatic heterocycles. The number of carbonyl (C=O) groups is 1. The number of carbonyl (C=O) groups excluding carboxylic acids is 1. The maximum absolute atomic E-state index is 11.3. The second-order valence-electron chi connectivity index (χ2n) is 3.26. The van der Waals surface area contributed by atoms with Crippen molar-refractivity contribution in [2.24, 2.45) is 0 Å². The maximum Gasteiger partial charge on any atom is 0.184 e. The molecular weight excluding hydrogens is 156 g/mol. The predicted molar refractivity (Wildman–Crippen MR) is 44.6 cm³/mol. The van der Waals surface area contributed by atoms with Gasteiger partial charge in [0.15, 0.2) is 5.78 Å². The number of Topliss-reactive ketones (excluding diaryl/α,β-unsaturated/α-hetero) is 1. The van der Waals surface area contributed by atoms with Gasteiger partial charge in [-0.2, -0.15) is 0 Å². The Morgan fingerprint density at radius 1 is 1.33 bits per heavy atom. The second-order valence-corrected chi connectivity index (χ2v) is 3.26. The lowest BCUT2D eigenvalue weighted by atomic mass is 9.90. The summed E-state index contributed by atoms with van der Waals surface area (Å²) in [6.07, 6.45) is 3.20. The van der Waals surface area contributed by atoms with Crippen LogP contribution in [0.25, 0.3) is 0 Å². The summed E-state index contributed by atoms with van der Waals surface area (Å²) in [4.78, 5) is 15.5. The number of ketones is 1. The van der Waals surface area contributed by atoms with Gasteiger partial charge in [0.2, 0.25) is 0 Å². The SMILES string of the molecule is CC1=CC(C)(OO)C=C(C)C1=O. The van der Waals surface area contributed by atoms with Gasteiger partial charge in [-0.1, -0.05) is 0 Å². The standard InChI is InChI=1S/C9H12O3/c1-6-4-9(3,12-11)5-7(2)8(6)10/h4-5,11H,1-3H3. The molecule has 0 bridgehead atoms. The van der Waals surface area contributed by atoms with E-state index in [1.165, 1.54) is 0 Å². The zero-order chi connectivity index (χ0) is 9.35. The van der Waals surface area contributed by atoms with Gasteiger partial charge >= 0.3 is 0 Å². The largest absolute Gasteiger partial charge is 0.289 e. The van der Waals surface area contributed by atoms with Crippen molar-refractivity contribution < 1.29 is 14.9 Å². The smallest absolute Gasteiger partial charge is 0.184 e. The third-order valence-electron chi connectivity index (χ3n) is 1.92. The minimum atomic E-state index is -0.845. The van der Waals surface area contributed by atoms with Gasteiger partial charge in [0.25, 0.3) is 0 Å². The van der Waals surface area contributed by atoms with Gasteiger partial charge in [0, 0.05) is 0 Å². The maximum atomic E-state index is 11.3. The van der Waals surface area contributed by atoms with Crippen LogP contribution in [-0.2, 0) is 9.68 Å². The zero-order valence-electron chi connectivity index (χ0n) is 7.42. The summed E-state index contributed by atoms with van der Waals surface area (Å²) in [6, 6.07) is 0. The van der Waals surface area contributed by atoms with Crippen LogP contribution in [0, 0.1) is 0 Å². The summed E-state index contributed by atoms with van der Waals surface area (Å²) in [6.45, 7) is 5.10. The van der Waals surface area contributed by atoms with Crippen LogP contribution in [0.4, 0.5) is 0 Å². The third-order valence-corrected chi connectivity index (χ3v) is 1.92. The molecule has 0 heterocycles. The summed E-state index contributed by atoms with van der Waals surface area (Å²) in [5.74, 6) is 0.00419. The van der Waals surface area contributed by atoms with E-state index in [-0.39, 0.29) is 5.78 Å². The molecule has 1 aliphatic carbocycles. The Labute approximate surface area is 71.3 Å². The molecule has 3 heteroatoms. The van der Waals surface area contributed by atoms with Crippen molar-refractivity contribution in [2.75, 3.05) is 0 Å². The zero-order valence-corrected chi connectivity index (χ0v) is 7.42. The fraction of sp³-hybridized carbons (Fsp3) is 0.444. The molecule has 0 radical (unpaired) electrons. The first-order valence-electron chi connectivity index (χ1n) is 3.75. The van der Waals surface area contributed by atoms with Crippen LogP contribution < -0.4 is 0 Å². The first-order valence-corrected chi connectivity index (χ1v) is 3.75. The summed E-state index contributed by atoms with van der Waals surface area (Å²) in [5.41, 5.74) is 0.361. The second kappa shape index (κ2) is 2.84. The summed E-state index contributed by atoms with van der Waals surface area (Å²) >= 11 is 0. The van der Waals surface area contributed by atoms with E-state index < -0.39 is 5.60 Å². The lowest BCUT2D eigenvalue weighted by molar-refractivity contribution is -0.288. The van der Waals surface area contributed by atoms with E-state index >= 15 is 0 Å². The van der Waals surface area contributed by atoms with E-state index in [1.54, 1.807) is 32.9 Å². The van der Waals surface area contributed by atoms with Crippen LogP contribution in [0.1, 0.15) is 20.8 Å². The van der Waals surface area contributed by atoms with Crippen molar-refractivity contribution in [1.29, 1.82) is 0 Å². The average molecular weight is 168 g/mol. The molecule has 0 atom stereocenters. The van der Waals surface area contributed by atoms with Crippen LogP contribution in [0.3, 0.4) is 0 Å². The Balaban J connectivity index is 3.07. The van der Waals surface area contributed by atoms with Crippen molar-refractivity contribution in [3.05, 3.63) is 23.3 Å². The molecule has 0 aliphatic heterocycles. The Morgan fingerprint density at radius 3 is 2.08 bits per heavy atom.